The molecule has 1 atom stereocenters. The van der Waals surface area contributed by atoms with Gasteiger partial charge < -0.3 is 19.8 Å². The molecule has 2 fully saturated rings. The lowest BCUT2D eigenvalue weighted by Gasteiger charge is -2.14. The van der Waals surface area contributed by atoms with Crippen LogP contribution in [0.3, 0.4) is 0 Å². The van der Waals surface area contributed by atoms with E-state index in [1.165, 1.54) is 38.5 Å². The second kappa shape index (κ2) is 12.6. The van der Waals surface area contributed by atoms with Crippen molar-refractivity contribution in [1.82, 2.24) is 10.6 Å². The van der Waals surface area contributed by atoms with Gasteiger partial charge in [0.2, 0.25) is 0 Å². The second-order valence-electron chi connectivity index (χ2n) is 7.39. The highest BCUT2D eigenvalue weighted by atomic mass is 127. The number of nitrogens with zero attached hydrogens (tertiary/aromatic N) is 1. The molecule has 6 heteroatoms. The van der Waals surface area contributed by atoms with Gasteiger partial charge in [-0.3, -0.25) is 4.99 Å². The van der Waals surface area contributed by atoms with E-state index in [9.17, 15) is 0 Å². The summed E-state index contributed by atoms with van der Waals surface area (Å²) >= 11 is 0. The number of aliphatic imine (C=N–C) groups is 1. The quantitative estimate of drug-likeness (QED) is 0.246. The summed E-state index contributed by atoms with van der Waals surface area (Å²) in [5.74, 6) is 3.48. The lowest BCUT2D eigenvalue weighted by atomic mass is 10.0. The largest absolute Gasteiger partial charge is 0.469 e. The van der Waals surface area contributed by atoms with Gasteiger partial charge in [0, 0.05) is 38.6 Å². The van der Waals surface area contributed by atoms with Gasteiger partial charge in [0.25, 0.3) is 0 Å². The number of halogens is 1. The minimum atomic E-state index is 0. The van der Waals surface area contributed by atoms with E-state index in [1.807, 2.05) is 12.1 Å². The highest BCUT2D eigenvalue weighted by Gasteiger charge is 2.16. The highest BCUT2D eigenvalue weighted by molar-refractivity contribution is 14.0. The van der Waals surface area contributed by atoms with Gasteiger partial charge in [0.15, 0.2) is 5.96 Å². The van der Waals surface area contributed by atoms with Crippen LogP contribution in [-0.4, -0.2) is 38.8 Å². The first-order valence-corrected chi connectivity index (χ1v) is 10.0. The minimum Gasteiger partial charge on any atom is -0.469 e. The molecule has 148 valence electrons. The Balaban J connectivity index is 0.00000243. The predicted molar refractivity (Wildman–Crippen MR) is 116 cm³/mol. The molecule has 1 unspecified atom stereocenters. The van der Waals surface area contributed by atoms with Crippen molar-refractivity contribution in [3.63, 3.8) is 0 Å². The van der Waals surface area contributed by atoms with Crippen LogP contribution in [0.4, 0.5) is 0 Å². The zero-order valence-electron chi connectivity index (χ0n) is 15.8. The summed E-state index contributed by atoms with van der Waals surface area (Å²) in [4.78, 5) is 4.78. The fraction of sp³-hybridized carbons (Fsp3) is 0.750. The first kappa shape index (κ1) is 21.5. The van der Waals surface area contributed by atoms with Crippen molar-refractivity contribution in [3.8, 4) is 0 Å². The fourth-order valence-corrected chi connectivity index (χ4v) is 3.78. The molecule has 1 aromatic heterocycles. The molecule has 26 heavy (non-hydrogen) atoms. The molecule has 0 bridgehead atoms. The molecule has 1 aromatic rings. The van der Waals surface area contributed by atoms with Crippen molar-refractivity contribution in [2.24, 2.45) is 16.8 Å². The monoisotopic (exact) mass is 475 g/mol. The van der Waals surface area contributed by atoms with Gasteiger partial charge in [0.1, 0.15) is 5.76 Å². The Bertz CT molecular complexity index is 495. The maximum Gasteiger partial charge on any atom is 0.191 e. The van der Waals surface area contributed by atoms with E-state index >= 15 is 0 Å². The molecule has 2 heterocycles. The fourth-order valence-electron chi connectivity index (χ4n) is 3.78. The third-order valence-corrected chi connectivity index (χ3v) is 5.33. The van der Waals surface area contributed by atoms with Crippen molar-refractivity contribution in [1.29, 1.82) is 0 Å². The Labute approximate surface area is 174 Å². The summed E-state index contributed by atoms with van der Waals surface area (Å²) in [6.07, 6.45) is 12.1. The van der Waals surface area contributed by atoms with Gasteiger partial charge in [-0.1, -0.05) is 25.7 Å². The SMILES string of the molecule is I.c1coc(CCNC(=NCC2CCOC2)NCCCC2CCCC2)c1. The Morgan fingerprint density at radius 3 is 2.69 bits per heavy atom. The van der Waals surface area contributed by atoms with Gasteiger partial charge in [-0.05, 0) is 37.3 Å². The van der Waals surface area contributed by atoms with Crippen LogP contribution in [0.1, 0.15) is 50.7 Å². The number of guanidine groups is 1. The van der Waals surface area contributed by atoms with Crippen molar-refractivity contribution in [2.45, 2.75) is 51.4 Å². The van der Waals surface area contributed by atoms with Crippen molar-refractivity contribution >= 4 is 29.9 Å². The van der Waals surface area contributed by atoms with Gasteiger partial charge in [-0.25, -0.2) is 0 Å². The Kier molecular flexibility index (Phi) is 10.4. The van der Waals surface area contributed by atoms with Crippen molar-refractivity contribution in [3.05, 3.63) is 24.2 Å². The zero-order chi connectivity index (χ0) is 17.2. The van der Waals surface area contributed by atoms with Crippen molar-refractivity contribution < 1.29 is 9.15 Å². The average molecular weight is 475 g/mol. The maximum atomic E-state index is 5.45. The molecule has 0 spiro atoms. The Hall–Kier alpha value is -0.760. The van der Waals surface area contributed by atoms with Crippen LogP contribution in [0.2, 0.25) is 0 Å². The lowest BCUT2D eigenvalue weighted by molar-refractivity contribution is 0.187. The molecule has 1 aliphatic heterocycles. The molecule has 0 aromatic carbocycles. The summed E-state index contributed by atoms with van der Waals surface area (Å²) < 4.78 is 10.8. The third kappa shape index (κ3) is 7.86. The standard InChI is InChI=1S/C20H33N3O2.HI/c1-2-6-17(5-1)7-3-11-21-20(23-15-18-10-14-24-16-18)22-12-9-19-8-4-13-25-19;/h4,8,13,17-18H,1-3,5-7,9-12,14-16H2,(H2,21,22,23);1H. The molecule has 2 aliphatic rings. The summed E-state index contributed by atoms with van der Waals surface area (Å²) in [6.45, 7) is 4.42. The van der Waals surface area contributed by atoms with Crippen LogP contribution in [0.25, 0.3) is 0 Å². The van der Waals surface area contributed by atoms with Crippen LogP contribution < -0.4 is 10.6 Å². The van der Waals surface area contributed by atoms with Crippen LogP contribution in [-0.2, 0) is 11.2 Å². The molecule has 0 amide bonds. The number of nitrogens with one attached hydrogen (secondary N) is 2. The molecule has 5 nitrogen and oxygen atoms in total. The number of ether oxygens (including phenoxy) is 1. The predicted octanol–water partition coefficient (Wildman–Crippen LogP) is 3.98. The number of hydrogen-bond donors (Lipinski definition) is 2. The molecule has 2 N–H and O–H groups in total. The Morgan fingerprint density at radius 1 is 1.12 bits per heavy atom. The van der Waals surface area contributed by atoms with Crippen molar-refractivity contribution in [2.75, 3.05) is 32.8 Å². The Morgan fingerprint density at radius 2 is 1.96 bits per heavy atom. The van der Waals surface area contributed by atoms with E-state index in [0.29, 0.717) is 5.92 Å². The normalized spacial score (nSPS) is 20.9. The first-order valence-electron chi connectivity index (χ1n) is 10.0. The summed E-state index contributed by atoms with van der Waals surface area (Å²) in [7, 11) is 0. The summed E-state index contributed by atoms with van der Waals surface area (Å²) in [6, 6.07) is 3.95. The number of furan rings is 1. The molecule has 3 rings (SSSR count). The molecular weight excluding hydrogens is 441 g/mol. The van der Waals surface area contributed by atoms with Crippen LogP contribution in [0.5, 0.6) is 0 Å². The van der Waals surface area contributed by atoms with E-state index in [0.717, 1.165) is 63.3 Å². The van der Waals surface area contributed by atoms with E-state index in [4.69, 9.17) is 14.1 Å². The number of hydrogen-bond acceptors (Lipinski definition) is 3. The van der Waals surface area contributed by atoms with Gasteiger partial charge >= 0.3 is 0 Å². The van der Waals surface area contributed by atoms with Crippen LogP contribution >= 0.6 is 24.0 Å². The first-order chi connectivity index (χ1) is 12.4. The maximum absolute atomic E-state index is 5.45. The van der Waals surface area contributed by atoms with Gasteiger partial charge in [-0.2, -0.15) is 0 Å². The lowest BCUT2D eigenvalue weighted by Crippen LogP contribution is -2.39. The summed E-state index contributed by atoms with van der Waals surface area (Å²) in [5, 5.41) is 6.96. The molecule has 0 radical (unpaired) electrons. The molecular formula is C20H34IN3O2. The highest BCUT2D eigenvalue weighted by Crippen LogP contribution is 2.28. The average Bonchev–Trinajstić information content (AvgIpc) is 3.39. The second-order valence-corrected chi connectivity index (χ2v) is 7.39. The van der Waals surface area contributed by atoms with Crippen LogP contribution in [0, 0.1) is 11.8 Å². The van der Waals surface area contributed by atoms with Gasteiger partial charge in [0.05, 0.1) is 12.9 Å². The number of rotatable bonds is 9. The van der Waals surface area contributed by atoms with E-state index in [-0.39, 0.29) is 24.0 Å². The molecule has 1 saturated carbocycles. The topological polar surface area (TPSA) is 58.8 Å². The van der Waals surface area contributed by atoms with Crippen LogP contribution in [0.15, 0.2) is 27.8 Å². The smallest absolute Gasteiger partial charge is 0.191 e. The minimum absolute atomic E-state index is 0. The summed E-state index contributed by atoms with van der Waals surface area (Å²) in [5.41, 5.74) is 0. The zero-order valence-corrected chi connectivity index (χ0v) is 18.1. The van der Waals surface area contributed by atoms with E-state index in [2.05, 4.69) is 10.6 Å². The molecule has 1 saturated heterocycles. The van der Waals surface area contributed by atoms with Gasteiger partial charge in [-0.15, -0.1) is 24.0 Å². The molecule has 1 aliphatic carbocycles. The van der Waals surface area contributed by atoms with E-state index < -0.39 is 0 Å². The third-order valence-electron chi connectivity index (χ3n) is 5.33. The van der Waals surface area contributed by atoms with E-state index in [1.54, 1.807) is 6.26 Å².